The lowest BCUT2D eigenvalue weighted by Crippen LogP contribution is -2.42. The number of aromatic amines is 1. The lowest BCUT2D eigenvalue weighted by atomic mass is 9.98. The van der Waals surface area contributed by atoms with Crippen LogP contribution in [0.3, 0.4) is 0 Å². The van der Waals surface area contributed by atoms with Gasteiger partial charge in [0.05, 0.1) is 5.92 Å². The van der Waals surface area contributed by atoms with Crippen LogP contribution in [0.5, 0.6) is 0 Å². The van der Waals surface area contributed by atoms with Crippen molar-refractivity contribution in [3.8, 4) is 0 Å². The summed E-state index contributed by atoms with van der Waals surface area (Å²) in [5.74, 6) is -1.76. The third kappa shape index (κ3) is 2.00. The van der Waals surface area contributed by atoms with Gasteiger partial charge in [0.15, 0.2) is 0 Å². The quantitative estimate of drug-likeness (QED) is 0.677. The topological polar surface area (TPSA) is 112 Å². The number of rotatable bonds is 2. The highest BCUT2D eigenvalue weighted by Gasteiger charge is 2.30. The third-order valence-electron chi connectivity index (χ3n) is 2.59. The number of likely N-dealkylation sites (tertiary alicyclic amines) is 1. The smallest absolute Gasteiger partial charge is 0.308 e. The van der Waals surface area contributed by atoms with Crippen LogP contribution in [0.15, 0.2) is 0 Å². The number of carboxylic acids is 1. The van der Waals surface area contributed by atoms with Gasteiger partial charge in [0, 0.05) is 13.1 Å². The first-order valence-electron chi connectivity index (χ1n) is 4.94. The Bertz CT molecular complexity index is 390. The number of carbonyl (C=O) groups is 2. The molecule has 0 saturated carbocycles. The molecule has 0 aromatic carbocycles. The van der Waals surface area contributed by atoms with E-state index in [4.69, 9.17) is 5.11 Å². The minimum absolute atomic E-state index is 0.0222. The molecule has 0 radical (unpaired) electrons. The van der Waals surface area contributed by atoms with E-state index in [0.29, 0.717) is 19.4 Å². The fraction of sp³-hybridized carbons (Fsp3) is 0.625. The normalized spacial score (nSPS) is 20.8. The molecule has 1 atom stereocenters. The molecule has 1 aromatic heterocycles. The van der Waals surface area contributed by atoms with Gasteiger partial charge < -0.3 is 10.0 Å². The number of aromatic nitrogens is 4. The summed E-state index contributed by atoms with van der Waals surface area (Å²) in [7, 11) is 0. The lowest BCUT2D eigenvalue weighted by Gasteiger charge is -2.29. The van der Waals surface area contributed by atoms with Gasteiger partial charge in [-0.3, -0.25) is 9.59 Å². The molecule has 1 unspecified atom stereocenters. The van der Waals surface area contributed by atoms with Crippen molar-refractivity contribution in [3.05, 3.63) is 5.82 Å². The summed E-state index contributed by atoms with van der Waals surface area (Å²) >= 11 is 0. The lowest BCUT2D eigenvalue weighted by molar-refractivity contribution is -0.143. The molecule has 2 rings (SSSR count). The number of nitrogens with one attached hydrogen (secondary N) is 1. The Morgan fingerprint density at radius 2 is 2.31 bits per heavy atom. The largest absolute Gasteiger partial charge is 0.481 e. The van der Waals surface area contributed by atoms with Gasteiger partial charge in [-0.05, 0) is 18.1 Å². The first kappa shape index (κ1) is 10.5. The molecule has 8 heteroatoms. The number of carboxylic acid groups (broad SMARTS) is 1. The maximum Gasteiger partial charge on any atom is 0.308 e. The summed E-state index contributed by atoms with van der Waals surface area (Å²) in [6, 6.07) is 0. The van der Waals surface area contributed by atoms with Gasteiger partial charge in [-0.25, -0.2) is 0 Å². The van der Waals surface area contributed by atoms with Gasteiger partial charge in [0.2, 0.25) is 0 Å². The Hall–Kier alpha value is -1.99. The maximum atomic E-state index is 11.8. The van der Waals surface area contributed by atoms with Crippen LogP contribution in [0.1, 0.15) is 23.5 Å². The molecule has 8 nitrogen and oxygen atoms in total. The van der Waals surface area contributed by atoms with E-state index in [2.05, 4.69) is 20.6 Å². The monoisotopic (exact) mass is 225 g/mol. The molecule has 0 bridgehead atoms. The highest BCUT2D eigenvalue weighted by Crippen LogP contribution is 2.17. The van der Waals surface area contributed by atoms with Crippen molar-refractivity contribution in [1.29, 1.82) is 0 Å². The van der Waals surface area contributed by atoms with Crippen LogP contribution < -0.4 is 0 Å². The molecule has 1 saturated heterocycles. The molecule has 86 valence electrons. The first-order valence-corrected chi connectivity index (χ1v) is 4.94. The first-order chi connectivity index (χ1) is 7.68. The summed E-state index contributed by atoms with van der Waals surface area (Å²) in [6.07, 6.45) is 1.28. The number of nitrogens with zero attached hydrogens (tertiary/aromatic N) is 4. The highest BCUT2D eigenvalue weighted by molar-refractivity contribution is 5.90. The van der Waals surface area contributed by atoms with Gasteiger partial charge in [0.25, 0.3) is 11.7 Å². The number of tetrazole rings is 1. The number of aliphatic carboxylic acids is 1. The molecule has 1 amide bonds. The Morgan fingerprint density at radius 1 is 1.50 bits per heavy atom. The van der Waals surface area contributed by atoms with Crippen LogP contribution in [-0.2, 0) is 4.79 Å². The van der Waals surface area contributed by atoms with Crippen LogP contribution in [0.4, 0.5) is 0 Å². The van der Waals surface area contributed by atoms with E-state index < -0.39 is 11.9 Å². The Morgan fingerprint density at radius 3 is 2.94 bits per heavy atom. The van der Waals surface area contributed by atoms with Gasteiger partial charge in [-0.2, -0.15) is 5.21 Å². The predicted octanol–water partition coefficient (Wildman–Crippen LogP) is -0.864. The van der Waals surface area contributed by atoms with Crippen molar-refractivity contribution in [3.63, 3.8) is 0 Å². The minimum Gasteiger partial charge on any atom is -0.481 e. The molecule has 16 heavy (non-hydrogen) atoms. The number of piperidine rings is 1. The van der Waals surface area contributed by atoms with Crippen LogP contribution in [0, 0.1) is 5.92 Å². The van der Waals surface area contributed by atoms with Crippen molar-refractivity contribution >= 4 is 11.9 Å². The van der Waals surface area contributed by atoms with Crippen molar-refractivity contribution in [2.75, 3.05) is 13.1 Å². The summed E-state index contributed by atoms with van der Waals surface area (Å²) in [4.78, 5) is 24.0. The second-order valence-corrected chi connectivity index (χ2v) is 3.66. The van der Waals surface area contributed by atoms with Gasteiger partial charge >= 0.3 is 5.97 Å². The fourth-order valence-electron chi connectivity index (χ4n) is 1.76. The van der Waals surface area contributed by atoms with Crippen molar-refractivity contribution in [2.45, 2.75) is 12.8 Å². The maximum absolute atomic E-state index is 11.8. The molecule has 2 heterocycles. The zero-order valence-electron chi connectivity index (χ0n) is 8.46. The van der Waals surface area contributed by atoms with E-state index in [1.54, 1.807) is 0 Å². The van der Waals surface area contributed by atoms with Gasteiger partial charge in [0.1, 0.15) is 0 Å². The van der Waals surface area contributed by atoms with E-state index in [1.165, 1.54) is 4.90 Å². The summed E-state index contributed by atoms with van der Waals surface area (Å²) in [5, 5.41) is 21.5. The summed E-state index contributed by atoms with van der Waals surface area (Å²) < 4.78 is 0. The van der Waals surface area contributed by atoms with Crippen molar-refractivity contribution < 1.29 is 14.7 Å². The molecule has 2 N–H and O–H groups in total. The molecular formula is C8H11N5O3. The fourth-order valence-corrected chi connectivity index (χ4v) is 1.76. The Balaban J connectivity index is 2.05. The average Bonchev–Trinajstić information content (AvgIpc) is 2.81. The molecular weight excluding hydrogens is 214 g/mol. The van der Waals surface area contributed by atoms with Crippen LogP contribution in [0.2, 0.25) is 0 Å². The third-order valence-corrected chi connectivity index (χ3v) is 2.59. The molecule has 0 spiro atoms. The number of hydrogen-bond donors (Lipinski definition) is 2. The second-order valence-electron chi connectivity index (χ2n) is 3.66. The Labute approximate surface area is 90.6 Å². The molecule has 0 aliphatic carbocycles. The van der Waals surface area contributed by atoms with E-state index in [9.17, 15) is 9.59 Å². The number of carbonyl (C=O) groups excluding carboxylic acids is 1. The summed E-state index contributed by atoms with van der Waals surface area (Å²) in [6.45, 7) is 0.750. The van der Waals surface area contributed by atoms with Gasteiger partial charge in [-0.15, -0.1) is 10.2 Å². The van der Waals surface area contributed by atoms with E-state index >= 15 is 0 Å². The predicted molar refractivity (Wildman–Crippen MR) is 50.4 cm³/mol. The number of amides is 1. The standard InChI is InChI=1S/C8H11N5O3/c14-7(6-9-11-12-10-6)13-3-1-2-5(4-13)8(15)16/h5H,1-4H2,(H,15,16)(H,9,10,11,12). The Kier molecular flexibility index (Phi) is 2.80. The number of hydrogen-bond acceptors (Lipinski definition) is 5. The number of H-pyrrole nitrogens is 1. The zero-order chi connectivity index (χ0) is 11.5. The highest BCUT2D eigenvalue weighted by atomic mass is 16.4. The minimum atomic E-state index is -0.870. The SMILES string of the molecule is O=C(O)C1CCCN(C(=O)c2nn[nH]n2)C1. The zero-order valence-corrected chi connectivity index (χ0v) is 8.46. The second kappa shape index (κ2) is 4.25. The average molecular weight is 225 g/mol. The molecule has 1 aromatic rings. The van der Waals surface area contributed by atoms with E-state index in [1.807, 2.05) is 0 Å². The van der Waals surface area contributed by atoms with E-state index in [0.717, 1.165) is 0 Å². The van der Waals surface area contributed by atoms with Crippen molar-refractivity contribution in [2.24, 2.45) is 5.92 Å². The molecule has 1 aliphatic rings. The van der Waals surface area contributed by atoms with Crippen LogP contribution >= 0.6 is 0 Å². The molecule has 1 fully saturated rings. The van der Waals surface area contributed by atoms with Crippen LogP contribution in [-0.4, -0.2) is 55.6 Å². The summed E-state index contributed by atoms with van der Waals surface area (Å²) in [5.41, 5.74) is 0. The van der Waals surface area contributed by atoms with Gasteiger partial charge in [-0.1, -0.05) is 0 Å². The van der Waals surface area contributed by atoms with E-state index in [-0.39, 0.29) is 18.3 Å². The van der Waals surface area contributed by atoms with Crippen molar-refractivity contribution in [1.82, 2.24) is 25.5 Å². The van der Waals surface area contributed by atoms with Crippen LogP contribution in [0.25, 0.3) is 0 Å². The molecule has 1 aliphatic heterocycles.